The van der Waals surface area contributed by atoms with Crippen LogP contribution in [0.1, 0.15) is 23.2 Å². The molecule has 0 aromatic heterocycles. The molecule has 0 radical (unpaired) electrons. The summed E-state index contributed by atoms with van der Waals surface area (Å²) in [6.07, 6.45) is 2.07. The highest BCUT2D eigenvalue weighted by Crippen LogP contribution is 2.12. The summed E-state index contributed by atoms with van der Waals surface area (Å²) in [5, 5.41) is 9.66. The van der Waals surface area contributed by atoms with E-state index < -0.39 is 5.97 Å². The van der Waals surface area contributed by atoms with E-state index in [0.717, 1.165) is 23.9 Å². The Labute approximate surface area is 97.2 Å². The zero-order valence-electron chi connectivity index (χ0n) is 8.28. The zero-order chi connectivity index (χ0) is 11.1. The van der Waals surface area contributed by atoms with Crippen molar-refractivity contribution in [2.45, 2.75) is 12.8 Å². The van der Waals surface area contributed by atoms with Gasteiger partial charge in [0.15, 0.2) is 0 Å². The molecule has 0 aliphatic carbocycles. The summed E-state index contributed by atoms with van der Waals surface area (Å²) in [4.78, 5) is 10.6. The van der Waals surface area contributed by atoms with Crippen molar-refractivity contribution in [2.24, 2.45) is 0 Å². The number of halogens is 1. The number of aromatic carboxylic acids is 1. The van der Waals surface area contributed by atoms with Crippen molar-refractivity contribution >= 4 is 21.9 Å². The second-order valence-corrected chi connectivity index (χ2v) is 3.87. The van der Waals surface area contributed by atoms with Gasteiger partial charge in [-0.25, -0.2) is 4.79 Å². The number of unbranched alkanes of at least 4 members (excludes halogenated alkanes) is 1. The predicted molar refractivity (Wildman–Crippen MR) is 61.9 cm³/mol. The van der Waals surface area contributed by atoms with Gasteiger partial charge in [0.25, 0.3) is 0 Å². The summed E-state index contributed by atoms with van der Waals surface area (Å²) in [7, 11) is 0. The molecule has 0 spiro atoms. The Hall–Kier alpha value is -1.03. The Balaban J connectivity index is 2.39. The molecular formula is C11H13BrO3. The lowest BCUT2D eigenvalue weighted by molar-refractivity contribution is 0.0697. The van der Waals surface area contributed by atoms with Gasteiger partial charge in [0.2, 0.25) is 0 Å². The number of carboxylic acids is 1. The van der Waals surface area contributed by atoms with Crippen molar-refractivity contribution in [1.29, 1.82) is 0 Å². The zero-order valence-corrected chi connectivity index (χ0v) is 9.87. The van der Waals surface area contributed by atoms with E-state index in [4.69, 9.17) is 9.84 Å². The summed E-state index contributed by atoms with van der Waals surface area (Å²) in [6, 6.07) is 6.44. The van der Waals surface area contributed by atoms with Crippen LogP contribution in [0, 0.1) is 0 Å². The molecule has 0 aliphatic heterocycles. The molecule has 0 bridgehead atoms. The molecule has 0 fully saturated rings. The minimum Gasteiger partial charge on any atom is -0.494 e. The van der Waals surface area contributed by atoms with E-state index >= 15 is 0 Å². The quantitative estimate of drug-likeness (QED) is 0.640. The number of benzene rings is 1. The van der Waals surface area contributed by atoms with Crippen LogP contribution in [0.2, 0.25) is 0 Å². The monoisotopic (exact) mass is 272 g/mol. The Morgan fingerprint density at radius 1 is 1.27 bits per heavy atom. The van der Waals surface area contributed by atoms with E-state index in [1.807, 2.05) is 0 Å². The molecule has 0 saturated carbocycles. The average molecular weight is 273 g/mol. The van der Waals surface area contributed by atoms with Crippen LogP contribution in [0.15, 0.2) is 24.3 Å². The van der Waals surface area contributed by atoms with E-state index in [1.54, 1.807) is 24.3 Å². The topological polar surface area (TPSA) is 46.5 Å². The minimum absolute atomic E-state index is 0.280. The van der Waals surface area contributed by atoms with E-state index in [1.165, 1.54) is 0 Å². The van der Waals surface area contributed by atoms with Gasteiger partial charge in [0.1, 0.15) is 5.75 Å². The van der Waals surface area contributed by atoms with E-state index in [2.05, 4.69) is 15.9 Å². The maximum Gasteiger partial charge on any atom is 0.335 e. The number of rotatable bonds is 6. The molecule has 4 heteroatoms. The van der Waals surface area contributed by atoms with Gasteiger partial charge in [-0.15, -0.1) is 0 Å². The molecule has 0 saturated heterocycles. The molecule has 15 heavy (non-hydrogen) atoms. The first-order chi connectivity index (χ1) is 7.24. The van der Waals surface area contributed by atoms with Gasteiger partial charge in [-0.2, -0.15) is 0 Å². The van der Waals surface area contributed by atoms with E-state index in [0.29, 0.717) is 6.61 Å². The summed E-state index contributed by atoms with van der Waals surface area (Å²) < 4.78 is 5.43. The van der Waals surface area contributed by atoms with Crippen LogP contribution in [0.25, 0.3) is 0 Å². The molecule has 1 aromatic carbocycles. The molecule has 3 nitrogen and oxygen atoms in total. The number of hydrogen-bond acceptors (Lipinski definition) is 2. The van der Waals surface area contributed by atoms with Crippen molar-refractivity contribution in [3.63, 3.8) is 0 Å². The van der Waals surface area contributed by atoms with Crippen LogP contribution in [0.3, 0.4) is 0 Å². The number of alkyl halides is 1. The highest BCUT2D eigenvalue weighted by Gasteiger charge is 2.01. The molecule has 1 N–H and O–H groups in total. The molecule has 1 rings (SSSR count). The van der Waals surface area contributed by atoms with Crippen molar-refractivity contribution in [3.8, 4) is 5.75 Å². The fraction of sp³-hybridized carbons (Fsp3) is 0.364. The largest absolute Gasteiger partial charge is 0.494 e. The minimum atomic E-state index is -0.916. The summed E-state index contributed by atoms with van der Waals surface area (Å²) in [6.45, 7) is 0.665. The second-order valence-electron chi connectivity index (χ2n) is 3.07. The molecule has 0 heterocycles. The number of hydrogen-bond donors (Lipinski definition) is 1. The maximum absolute atomic E-state index is 10.6. The van der Waals surface area contributed by atoms with Gasteiger partial charge < -0.3 is 9.84 Å². The average Bonchev–Trinajstić information content (AvgIpc) is 2.25. The van der Waals surface area contributed by atoms with E-state index in [9.17, 15) is 4.79 Å². The Morgan fingerprint density at radius 2 is 1.93 bits per heavy atom. The Kier molecular flexibility index (Phi) is 5.18. The lowest BCUT2D eigenvalue weighted by atomic mass is 10.2. The number of carbonyl (C=O) groups is 1. The normalized spacial score (nSPS) is 9.93. The molecule has 82 valence electrons. The lowest BCUT2D eigenvalue weighted by Gasteiger charge is -2.05. The van der Waals surface area contributed by atoms with Crippen LogP contribution in [0.5, 0.6) is 5.75 Å². The lowest BCUT2D eigenvalue weighted by Crippen LogP contribution is -1.99. The fourth-order valence-corrected chi connectivity index (χ4v) is 1.48. The van der Waals surface area contributed by atoms with Crippen LogP contribution >= 0.6 is 15.9 Å². The van der Waals surface area contributed by atoms with Crippen LogP contribution in [-0.4, -0.2) is 23.0 Å². The third kappa shape index (κ3) is 4.34. The smallest absolute Gasteiger partial charge is 0.335 e. The first-order valence-electron chi connectivity index (χ1n) is 4.76. The van der Waals surface area contributed by atoms with Crippen molar-refractivity contribution in [3.05, 3.63) is 29.8 Å². The van der Waals surface area contributed by atoms with Crippen LogP contribution in [0.4, 0.5) is 0 Å². The fourth-order valence-electron chi connectivity index (χ4n) is 1.08. The molecule has 0 aliphatic rings. The highest BCUT2D eigenvalue weighted by atomic mass is 79.9. The number of ether oxygens (including phenoxy) is 1. The van der Waals surface area contributed by atoms with Crippen LogP contribution in [-0.2, 0) is 0 Å². The number of carboxylic acid groups (broad SMARTS) is 1. The van der Waals surface area contributed by atoms with Gasteiger partial charge >= 0.3 is 5.97 Å². The molecule has 1 aromatic rings. The third-order valence-electron chi connectivity index (χ3n) is 1.90. The first-order valence-corrected chi connectivity index (χ1v) is 5.88. The van der Waals surface area contributed by atoms with Gasteiger partial charge in [0.05, 0.1) is 12.2 Å². The Bertz CT molecular complexity index is 308. The van der Waals surface area contributed by atoms with E-state index in [-0.39, 0.29) is 5.56 Å². The molecule has 0 amide bonds. The molecule has 0 atom stereocenters. The standard InChI is InChI=1S/C11H13BrO3/c12-7-1-2-8-15-10-5-3-9(4-6-10)11(13)14/h3-6H,1-2,7-8H2,(H,13,14). The van der Waals surface area contributed by atoms with Crippen molar-refractivity contribution in [1.82, 2.24) is 0 Å². The third-order valence-corrected chi connectivity index (χ3v) is 2.46. The van der Waals surface area contributed by atoms with Crippen molar-refractivity contribution < 1.29 is 14.6 Å². The molecular weight excluding hydrogens is 260 g/mol. The van der Waals surface area contributed by atoms with Gasteiger partial charge in [-0.1, -0.05) is 15.9 Å². The highest BCUT2D eigenvalue weighted by molar-refractivity contribution is 9.09. The summed E-state index contributed by atoms with van der Waals surface area (Å²) in [5.41, 5.74) is 0.280. The molecule has 0 unspecified atom stereocenters. The Morgan fingerprint density at radius 3 is 2.47 bits per heavy atom. The SMILES string of the molecule is O=C(O)c1ccc(OCCCCBr)cc1. The van der Waals surface area contributed by atoms with Crippen molar-refractivity contribution in [2.75, 3.05) is 11.9 Å². The maximum atomic E-state index is 10.6. The van der Waals surface area contributed by atoms with Gasteiger partial charge in [0, 0.05) is 5.33 Å². The first kappa shape index (κ1) is 12.0. The van der Waals surface area contributed by atoms with Crippen LogP contribution < -0.4 is 4.74 Å². The predicted octanol–water partition coefficient (Wildman–Crippen LogP) is 2.94. The van der Waals surface area contributed by atoms with Gasteiger partial charge in [-0.05, 0) is 37.1 Å². The van der Waals surface area contributed by atoms with Gasteiger partial charge in [-0.3, -0.25) is 0 Å². The summed E-state index contributed by atoms with van der Waals surface area (Å²) >= 11 is 3.34. The second kappa shape index (κ2) is 6.45. The summed E-state index contributed by atoms with van der Waals surface area (Å²) in [5.74, 6) is -0.199.